The molecule has 1 heterocycles. The van der Waals surface area contributed by atoms with Crippen molar-refractivity contribution in [3.05, 3.63) is 11.8 Å². The number of hydrogen-bond donors (Lipinski definition) is 0. The van der Waals surface area contributed by atoms with Gasteiger partial charge in [0, 0.05) is 13.0 Å². The van der Waals surface area contributed by atoms with Gasteiger partial charge in [0.2, 0.25) is 5.78 Å². The number of allylic oxidation sites excluding steroid dienone is 1. The molecule has 0 aromatic carbocycles. The van der Waals surface area contributed by atoms with E-state index in [1.54, 1.807) is 13.8 Å². The Balaban J connectivity index is 2.41. The van der Waals surface area contributed by atoms with Crippen molar-refractivity contribution in [3.63, 3.8) is 0 Å². The van der Waals surface area contributed by atoms with Gasteiger partial charge in [0.05, 0.1) is 6.54 Å². The Morgan fingerprint density at radius 2 is 2.20 bits per heavy atom. The third-order valence-electron chi connectivity index (χ3n) is 2.27. The van der Waals surface area contributed by atoms with Crippen molar-refractivity contribution >= 4 is 5.78 Å². The molecule has 1 aliphatic heterocycles. The molecule has 1 atom stereocenters. The van der Waals surface area contributed by atoms with E-state index < -0.39 is 5.72 Å². The number of nitrogens with zero attached hydrogens (tertiary/aromatic N) is 2. The maximum Gasteiger partial charge on any atom is 0.277 e. The summed E-state index contributed by atoms with van der Waals surface area (Å²) in [4.78, 5) is 11.5. The van der Waals surface area contributed by atoms with Crippen LogP contribution >= 0.6 is 0 Å². The van der Waals surface area contributed by atoms with Gasteiger partial charge in [-0.05, 0) is 13.3 Å². The fraction of sp³-hybridized carbons (Fsp3) is 0.727. The van der Waals surface area contributed by atoms with Gasteiger partial charge in [0.25, 0.3) is 5.72 Å². The molecule has 15 heavy (non-hydrogen) atoms. The minimum Gasteiger partial charge on any atom is -0.462 e. The summed E-state index contributed by atoms with van der Waals surface area (Å²) in [5.74, 6) is 0.481. The summed E-state index contributed by atoms with van der Waals surface area (Å²) < 4.78 is 5.32. The second-order valence-electron chi connectivity index (χ2n) is 3.88. The van der Waals surface area contributed by atoms with Crippen LogP contribution in [0.5, 0.6) is 0 Å². The monoisotopic (exact) mass is 210 g/mol. The normalized spacial score (nSPS) is 25.8. The number of hydrogen-bond acceptors (Lipinski definition) is 4. The van der Waals surface area contributed by atoms with Crippen LogP contribution in [0, 0.1) is 0 Å². The van der Waals surface area contributed by atoms with Gasteiger partial charge in [-0.15, -0.1) is 5.11 Å². The van der Waals surface area contributed by atoms with Crippen molar-refractivity contribution in [1.29, 1.82) is 0 Å². The molecule has 0 amide bonds. The van der Waals surface area contributed by atoms with Gasteiger partial charge in [-0.3, -0.25) is 4.79 Å². The van der Waals surface area contributed by atoms with E-state index in [1.165, 1.54) is 6.08 Å². The van der Waals surface area contributed by atoms with Gasteiger partial charge in [-0.25, -0.2) is 0 Å². The fourth-order valence-corrected chi connectivity index (χ4v) is 1.40. The molecule has 4 nitrogen and oxygen atoms in total. The third kappa shape index (κ3) is 3.15. The van der Waals surface area contributed by atoms with Crippen molar-refractivity contribution in [2.45, 2.75) is 45.8 Å². The highest BCUT2D eigenvalue weighted by Gasteiger charge is 2.39. The van der Waals surface area contributed by atoms with E-state index in [4.69, 9.17) is 4.74 Å². The quantitative estimate of drug-likeness (QED) is 0.517. The second-order valence-corrected chi connectivity index (χ2v) is 3.88. The predicted molar refractivity (Wildman–Crippen MR) is 57.5 cm³/mol. The lowest BCUT2D eigenvalue weighted by Crippen LogP contribution is -2.29. The highest BCUT2D eigenvalue weighted by Crippen LogP contribution is 2.26. The van der Waals surface area contributed by atoms with E-state index in [9.17, 15) is 4.79 Å². The van der Waals surface area contributed by atoms with Crippen LogP contribution in [0.25, 0.3) is 0 Å². The Morgan fingerprint density at radius 1 is 1.47 bits per heavy atom. The molecule has 1 rings (SSSR count). The van der Waals surface area contributed by atoms with Crippen molar-refractivity contribution in [2.24, 2.45) is 10.2 Å². The van der Waals surface area contributed by atoms with Crippen molar-refractivity contribution in [1.82, 2.24) is 0 Å². The molecule has 1 unspecified atom stereocenters. The predicted octanol–water partition coefficient (Wildman–Crippen LogP) is 2.85. The van der Waals surface area contributed by atoms with Gasteiger partial charge in [-0.1, -0.05) is 19.8 Å². The molecule has 4 heteroatoms. The maximum atomic E-state index is 11.5. The molecule has 0 saturated carbocycles. The lowest BCUT2D eigenvalue weighted by molar-refractivity contribution is -0.128. The van der Waals surface area contributed by atoms with E-state index in [0.717, 1.165) is 19.3 Å². The van der Waals surface area contributed by atoms with Crippen molar-refractivity contribution in [3.8, 4) is 0 Å². The number of carbonyl (C=O) groups is 1. The molecule has 0 N–H and O–H groups in total. The second kappa shape index (κ2) is 5.05. The van der Waals surface area contributed by atoms with Gasteiger partial charge in [-0.2, -0.15) is 5.11 Å². The highest BCUT2D eigenvalue weighted by molar-refractivity contribution is 5.98. The maximum absolute atomic E-state index is 11.5. The lowest BCUT2D eigenvalue weighted by Gasteiger charge is -2.16. The molecule has 0 fully saturated rings. The molecule has 1 aliphatic rings. The number of ketones is 1. The van der Waals surface area contributed by atoms with Crippen LogP contribution in [0.2, 0.25) is 0 Å². The standard InChI is InChI=1S/C11H18N2O2/c1-4-5-6-7-12-13-11(3)10(14)8-9(2)15-11/h8H,4-7H2,1-3H3. The number of azo groups is 1. The van der Waals surface area contributed by atoms with Gasteiger partial charge >= 0.3 is 0 Å². The van der Waals surface area contributed by atoms with Crippen LogP contribution in [0.15, 0.2) is 22.1 Å². The first-order chi connectivity index (χ1) is 7.08. The van der Waals surface area contributed by atoms with Crippen LogP contribution in [0.1, 0.15) is 40.0 Å². The number of ether oxygens (including phenoxy) is 1. The van der Waals surface area contributed by atoms with Crippen LogP contribution < -0.4 is 0 Å². The van der Waals surface area contributed by atoms with Crippen molar-refractivity contribution < 1.29 is 9.53 Å². The summed E-state index contributed by atoms with van der Waals surface area (Å²) in [6, 6.07) is 0. The van der Waals surface area contributed by atoms with Crippen LogP contribution in [0.4, 0.5) is 0 Å². The minimum absolute atomic E-state index is 0.126. The SMILES string of the molecule is CCCCCN=NC1(C)OC(C)=CC1=O. The number of carbonyl (C=O) groups excluding carboxylic acids is 1. The molecule has 84 valence electrons. The molecule has 0 aliphatic carbocycles. The van der Waals surface area contributed by atoms with E-state index in [2.05, 4.69) is 17.2 Å². The Morgan fingerprint density at radius 3 is 2.73 bits per heavy atom. The van der Waals surface area contributed by atoms with E-state index in [0.29, 0.717) is 12.3 Å². The fourth-order valence-electron chi connectivity index (χ4n) is 1.40. The first-order valence-corrected chi connectivity index (χ1v) is 5.39. The van der Waals surface area contributed by atoms with Crippen LogP contribution in [-0.2, 0) is 9.53 Å². The average Bonchev–Trinajstić information content (AvgIpc) is 2.41. The summed E-state index contributed by atoms with van der Waals surface area (Å²) in [5, 5.41) is 7.95. The largest absolute Gasteiger partial charge is 0.462 e. The van der Waals surface area contributed by atoms with E-state index >= 15 is 0 Å². The summed E-state index contributed by atoms with van der Waals surface area (Å²) >= 11 is 0. The van der Waals surface area contributed by atoms with E-state index in [-0.39, 0.29) is 5.78 Å². The zero-order valence-corrected chi connectivity index (χ0v) is 9.62. The zero-order chi connectivity index (χ0) is 11.3. The Bertz CT molecular complexity index is 297. The molecule has 0 bridgehead atoms. The number of rotatable bonds is 5. The first-order valence-electron chi connectivity index (χ1n) is 5.39. The topological polar surface area (TPSA) is 51.0 Å². The summed E-state index contributed by atoms with van der Waals surface area (Å²) in [6.07, 6.45) is 4.77. The highest BCUT2D eigenvalue weighted by atomic mass is 16.5. The molecular formula is C11H18N2O2. The van der Waals surface area contributed by atoms with Crippen molar-refractivity contribution in [2.75, 3.05) is 6.54 Å². The average molecular weight is 210 g/mol. The summed E-state index contributed by atoms with van der Waals surface area (Å²) in [7, 11) is 0. The molecule has 0 aromatic heterocycles. The summed E-state index contributed by atoms with van der Waals surface area (Å²) in [6.45, 7) is 6.19. The molecule has 0 aromatic rings. The first kappa shape index (κ1) is 11.9. The Labute approximate surface area is 90.4 Å². The molecule has 0 saturated heterocycles. The zero-order valence-electron chi connectivity index (χ0n) is 9.62. The molecule has 0 spiro atoms. The third-order valence-corrected chi connectivity index (χ3v) is 2.27. The van der Waals surface area contributed by atoms with Gasteiger partial charge in [0.15, 0.2) is 0 Å². The Hall–Kier alpha value is -1.19. The Kier molecular flexibility index (Phi) is 4.00. The molecular weight excluding hydrogens is 192 g/mol. The number of unbranched alkanes of at least 4 members (excludes halogenated alkanes) is 2. The smallest absolute Gasteiger partial charge is 0.277 e. The van der Waals surface area contributed by atoms with Crippen LogP contribution in [-0.4, -0.2) is 18.1 Å². The van der Waals surface area contributed by atoms with E-state index in [1.807, 2.05) is 0 Å². The summed E-state index contributed by atoms with van der Waals surface area (Å²) in [5.41, 5.74) is -1.10. The van der Waals surface area contributed by atoms with Crippen LogP contribution in [0.3, 0.4) is 0 Å². The molecule has 0 radical (unpaired) electrons. The van der Waals surface area contributed by atoms with Gasteiger partial charge in [0.1, 0.15) is 5.76 Å². The van der Waals surface area contributed by atoms with Gasteiger partial charge < -0.3 is 4.74 Å². The lowest BCUT2D eigenvalue weighted by atomic mass is 10.2. The minimum atomic E-state index is -1.10.